The Morgan fingerprint density at radius 2 is 2.00 bits per heavy atom. The van der Waals surface area contributed by atoms with Crippen LogP contribution in [0.15, 0.2) is 42.5 Å². The molecule has 0 spiro atoms. The van der Waals surface area contributed by atoms with Crippen molar-refractivity contribution in [2.75, 3.05) is 13.2 Å². The summed E-state index contributed by atoms with van der Waals surface area (Å²) in [7, 11) is 0. The number of carbonyl (C=O) groups excluding carboxylic acids is 1. The lowest BCUT2D eigenvalue weighted by Gasteiger charge is -2.09. The molecule has 2 aromatic carbocycles. The highest BCUT2D eigenvalue weighted by atomic mass is 35.5. The molecular formula is C17H16ClNO5. The molecule has 0 aromatic heterocycles. The van der Waals surface area contributed by atoms with Crippen molar-refractivity contribution >= 4 is 23.3 Å². The number of non-ortho nitro benzene ring substituents is 1. The predicted molar refractivity (Wildman–Crippen MR) is 89.7 cm³/mol. The van der Waals surface area contributed by atoms with Gasteiger partial charge in [0.25, 0.3) is 5.69 Å². The Bertz CT molecular complexity index is 748. The molecular weight excluding hydrogens is 334 g/mol. The monoisotopic (exact) mass is 349 g/mol. The molecule has 0 unspecified atom stereocenters. The van der Waals surface area contributed by atoms with Crippen LogP contribution in [0.4, 0.5) is 5.69 Å². The number of nitrogens with zero attached hydrogens (tertiary/aromatic N) is 1. The molecule has 24 heavy (non-hydrogen) atoms. The number of nitro benzene ring substituents is 1. The SMILES string of the molecule is CCc1cccc(OCCOC(=O)c2ccc([N+](=O)[O-])cc2Cl)c1. The summed E-state index contributed by atoms with van der Waals surface area (Å²) in [6.07, 6.45) is 0.908. The molecule has 0 aliphatic carbocycles. The van der Waals surface area contributed by atoms with Crippen LogP contribution in [-0.4, -0.2) is 24.1 Å². The van der Waals surface area contributed by atoms with E-state index in [4.69, 9.17) is 21.1 Å². The van der Waals surface area contributed by atoms with Crippen molar-refractivity contribution in [3.63, 3.8) is 0 Å². The lowest BCUT2D eigenvalue weighted by atomic mass is 10.2. The van der Waals surface area contributed by atoms with Crippen LogP contribution in [0.25, 0.3) is 0 Å². The van der Waals surface area contributed by atoms with Crippen molar-refractivity contribution in [3.8, 4) is 5.75 Å². The van der Waals surface area contributed by atoms with Crippen molar-refractivity contribution in [2.24, 2.45) is 0 Å². The van der Waals surface area contributed by atoms with Gasteiger partial charge in [0.1, 0.15) is 19.0 Å². The van der Waals surface area contributed by atoms with E-state index in [1.165, 1.54) is 12.1 Å². The fraction of sp³-hybridized carbons (Fsp3) is 0.235. The van der Waals surface area contributed by atoms with Crippen molar-refractivity contribution < 1.29 is 19.2 Å². The molecule has 126 valence electrons. The molecule has 0 N–H and O–H groups in total. The molecule has 0 heterocycles. The second-order valence-electron chi connectivity index (χ2n) is 4.91. The molecule has 7 heteroatoms. The van der Waals surface area contributed by atoms with Crippen LogP contribution >= 0.6 is 11.6 Å². The standard InChI is InChI=1S/C17H16ClNO5/c1-2-12-4-3-5-14(10-12)23-8-9-24-17(20)15-7-6-13(19(21)22)11-16(15)18/h3-7,10-11H,2,8-9H2,1H3. The van der Waals surface area contributed by atoms with E-state index in [2.05, 4.69) is 6.92 Å². The lowest BCUT2D eigenvalue weighted by Crippen LogP contribution is -2.13. The van der Waals surface area contributed by atoms with Crippen molar-refractivity contribution in [1.29, 1.82) is 0 Å². The van der Waals surface area contributed by atoms with Gasteiger partial charge < -0.3 is 9.47 Å². The van der Waals surface area contributed by atoms with E-state index in [0.717, 1.165) is 18.1 Å². The maximum atomic E-state index is 11.9. The molecule has 2 aromatic rings. The minimum atomic E-state index is -0.652. The number of ether oxygens (including phenoxy) is 2. The number of aryl methyl sites for hydroxylation is 1. The summed E-state index contributed by atoms with van der Waals surface area (Å²) in [5.41, 5.74) is 1.05. The molecule has 0 atom stereocenters. The van der Waals surface area contributed by atoms with Crippen LogP contribution in [0.3, 0.4) is 0 Å². The van der Waals surface area contributed by atoms with Crippen molar-refractivity contribution in [2.45, 2.75) is 13.3 Å². The second-order valence-corrected chi connectivity index (χ2v) is 5.31. The Morgan fingerprint density at radius 1 is 1.21 bits per heavy atom. The van der Waals surface area contributed by atoms with Crippen LogP contribution < -0.4 is 4.74 Å². The molecule has 0 radical (unpaired) electrons. The number of halogens is 1. The first-order chi connectivity index (χ1) is 11.5. The van der Waals surface area contributed by atoms with E-state index in [0.29, 0.717) is 5.75 Å². The molecule has 0 saturated heterocycles. The largest absolute Gasteiger partial charge is 0.490 e. The minimum Gasteiger partial charge on any atom is -0.490 e. The van der Waals surface area contributed by atoms with Crippen LogP contribution in [0.2, 0.25) is 5.02 Å². The van der Waals surface area contributed by atoms with Crippen LogP contribution in [0, 0.1) is 10.1 Å². The predicted octanol–water partition coefficient (Wildman–Crippen LogP) is 4.05. The highest BCUT2D eigenvalue weighted by Gasteiger charge is 2.16. The van der Waals surface area contributed by atoms with Gasteiger partial charge in [-0.1, -0.05) is 30.7 Å². The molecule has 0 saturated carbocycles. The van der Waals surface area contributed by atoms with Crippen molar-refractivity contribution in [1.82, 2.24) is 0 Å². The minimum absolute atomic E-state index is 0.0224. The Balaban J connectivity index is 1.86. The summed E-state index contributed by atoms with van der Waals surface area (Å²) in [6.45, 7) is 2.29. The Labute approximate surface area is 144 Å². The van der Waals surface area contributed by atoms with Gasteiger partial charge in [-0.15, -0.1) is 0 Å². The molecule has 0 aliphatic heterocycles. The van der Waals surface area contributed by atoms with E-state index < -0.39 is 10.9 Å². The number of hydrogen-bond donors (Lipinski definition) is 0. The normalized spacial score (nSPS) is 10.2. The lowest BCUT2D eigenvalue weighted by molar-refractivity contribution is -0.384. The van der Waals surface area contributed by atoms with Gasteiger partial charge in [-0.25, -0.2) is 4.79 Å². The van der Waals surface area contributed by atoms with Gasteiger partial charge in [-0.05, 0) is 30.2 Å². The van der Waals surface area contributed by atoms with Gasteiger partial charge in [0, 0.05) is 12.1 Å². The zero-order valence-corrected chi connectivity index (χ0v) is 13.8. The third-order valence-electron chi connectivity index (χ3n) is 3.28. The second kappa shape index (κ2) is 8.31. The Hall–Kier alpha value is -2.60. The third-order valence-corrected chi connectivity index (χ3v) is 3.59. The Morgan fingerprint density at radius 3 is 2.67 bits per heavy atom. The van der Waals surface area contributed by atoms with Gasteiger partial charge in [0.05, 0.1) is 15.5 Å². The van der Waals surface area contributed by atoms with Gasteiger partial charge in [-0.2, -0.15) is 0 Å². The molecule has 0 bridgehead atoms. The van der Waals surface area contributed by atoms with E-state index in [1.807, 2.05) is 24.3 Å². The highest BCUT2D eigenvalue weighted by molar-refractivity contribution is 6.33. The number of hydrogen-bond acceptors (Lipinski definition) is 5. The fourth-order valence-corrected chi connectivity index (χ4v) is 2.26. The summed E-state index contributed by atoms with van der Waals surface area (Å²) in [5.74, 6) is 0.0552. The molecule has 0 amide bonds. The number of rotatable bonds is 7. The number of nitro groups is 1. The summed E-state index contributed by atoms with van der Waals surface area (Å²) < 4.78 is 10.6. The zero-order valence-electron chi connectivity index (χ0n) is 13.0. The topological polar surface area (TPSA) is 78.7 Å². The quantitative estimate of drug-likeness (QED) is 0.326. The van der Waals surface area contributed by atoms with Gasteiger partial charge >= 0.3 is 5.97 Å². The average molecular weight is 350 g/mol. The van der Waals surface area contributed by atoms with E-state index >= 15 is 0 Å². The number of esters is 1. The highest BCUT2D eigenvalue weighted by Crippen LogP contribution is 2.23. The van der Waals surface area contributed by atoms with Gasteiger partial charge in [0.15, 0.2) is 0 Å². The van der Waals surface area contributed by atoms with Crippen molar-refractivity contribution in [3.05, 3.63) is 68.7 Å². The summed E-state index contributed by atoms with van der Waals surface area (Å²) in [6, 6.07) is 11.2. The molecule has 0 aliphatic rings. The van der Waals surface area contributed by atoms with E-state index in [-0.39, 0.29) is 29.5 Å². The average Bonchev–Trinajstić information content (AvgIpc) is 2.58. The summed E-state index contributed by atoms with van der Waals surface area (Å²) in [4.78, 5) is 22.0. The summed E-state index contributed by atoms with van der Waals surface area (Å²) in [5, 5.41) is 10.6. The summed E-state index contributed by atoms with van der Waals surface area (Å²) >= 11 is 5.87. The number of carbonyl (C=O) groups is 1. The van der Waals surface area contributed by atoms with E-state index in [1.54, 1.807) is 0 Å². The fourth-order valence-electron chi connectivity index (χ4n) is 2.01. The Kier molecular flexibility index (Phi) is 6.14. The maximum Gasteiger partial charge on any atom is 0.339 e. The maximum absolute atomic E-state index is 11.9. The molecule has 2 rings (SSSR count). The third kappa shape index (κ3) is 4.70. The first-order valence-corrected chi connectivity index (χ1v) is 7.72. The molecule has 6 nitrogen and oxygen atoms in total. The smallest absolute Gasteiger partial charge is 0.339 e. The molecule has 0 fully saturated rings. The van der Waals surface area contributed by atoms with E-state index in [9.17, 15) is 14.9 Å². The first kappa shape index (κ1) is 17.7. The van der Waals surface area contributed by atoms with Crippen LogP contribution in [0.5, 0.6) is 5.75 Å². The first-order valence-electron chi connectivity index (χ1n) is 7.34. The van der Waals surface area contributed by atoms with Crippen LogP contribution in [0.1, 0.15) is 22.8 Å². The van der Waals surface area contributed by atoms with Gasteiger partial charge in [0.2, 0.25) is 0 Å². The van der Waals surface area contributed by atoms with Crippen LogP contribution in [-0.2, 0) is 11.2 Å². The number of benzene rings is 2. The van der Waals surface area contributed by atoms with Gasteiger partial charge in [-0.3, -0.25) is 10.1 Å². The zero-order chi connectivity index (χ0) is 17.5.